The van der Waals surface area contributed by atoms with Gasteiger partial charge in [-0.15, -0.1) is 12.4 Å². The second-order valence-corrected chi connectivity index (χ2v) is 8.98. The van der Waals surface area contributed by atoms with Crippen LogP contribution in [0.1, 0.15) is 74.1 Å². The van der Waals surface area contributed by atoms with Gasteiger partial charge in [0.05, 0.1) is 11.1 Å². The minimum absolute atomic E-state index is 0. The summed E-state index contributed by atoms with van der Waals surface area (Å²) in [6, 6.07) is 6.97. The van der Waals surface area contributed by atoms with Crippen molar-refractivity contribution in [2.24, 2.45) is 0 Å². The summed E-state index contributed by atoms with van der Waals surface area (Å²) in [5, 5.41) is 6.73. The van der Waals surface area contributed by atoms with Gasteiger partial charge in [0.2, 0.25) is 5.91 Å². The molecule has 0 spiro atoms. The van der Waals surface area contributed by atoms with E-state index in [0.29, 0.717) is 24.0 Å². The van der Waals surface area contributed by atoms with E-state index >= 15 is 0 Å². The second-order valence-electron chi connectivity index (χ2n) is 8.98. The average molecular weight is 408 g/mol. The van der Waals surface area contributed by atoms with E-state index in [9.17, 15) is 14.4 Å². The Morgan fingerprint density at radius 1 is 1.07 bits per heavy atom. The summed E-state index contributed by atoms with van der Waals surface area (Å²) in [7, 11) is 0. The highest BCUT2D eigenvalue weighted by Crippen LogP contribution is 2.28. The first-order chi connectivity index (χ1) is 12.6. The van der Waals surface area contributed by atoms with E-state index in [1.165, 1.54) is 4.90 Å². The average Bonchev–Trinajstić information content (AvgIpc) is 2.77. The highest BCUT2D eigenvalue weighted by Gasteiger charge is 2.38. The molecule has 0 bridgehead atoms. The smallest absolute Gasteiger partial charge is 0.261 e. The number of imide groups is 1. The topological polar surface area (TPSA) is 78.5 Å². The number of nitrogens with one attached hydrogen (secondary N) is 2. The fraction of sp³-hybridized carbons (Fsp3) is 0.571. The van der Waals surface area contributed by atoms with Crippen LogP contribution in [-0.2, 0) is 4.79 Å². The van der Waals surface area contributed by atoms with Gasteiger partial charge >= 0.3 is 0 Å². The van der Waals surface area contributed by atoms with Crippen LogP contribution >= 0.6 is 12.4 Å². The van der Waals surface area contributed by atoms with Crippen LogP contribution in [0.15, 0.2) is 24.3 Å². The second kappa shape index (κ2) is 8.21. The van der Waals surface area contributed by atoms with E-state index in [1.54, 1.807) is 24.3 Å². The Hall–Kier alpha value is -1.92. The lowest BCUT2D eigenvalue weighted by Gasteiger charge is -2.46. The molecule has 0 unspecified atom stereocenters. The number of carbonyl (C=O) groups is 3. The first-order valence-electron chi connectivity index (χ1n) is 9.62. The monoisotopic (exact) mass is 407 g/mol. The third kappa shape index (κ3) is 4.92. The van der Waals surface area contributed by atoms with Crippen molar-refractivity contribution in [3.8, 4) is 0 Å². The lowest BCUT2D eigenvalue weighted by atomic mass is 9.79. The van der Waals surface area contributed by atoms with Gasteiger partial charge < -0.3 is 10.6 Å². The number of hydrogen-bond donors (Lipinski definition) is 2. The van der Waals surface area contributed by atoms with Gasteiger partial charge in [-0.05, 0) is 59.1 Å². The lowest BCUT2D eigenvalue weighted by molar-refractivity contribution is -0.122. The molecule has 7 heteroatoms. The van der Waals surface area contributed by atoms with Crippen molar-refractivity contribution in [2.45, 2.75) is 70.5 Å². The zero-order chi connectivity index (χ0) is 19.8. The van der Waals surface area contributed by atoms with Crippen molar-refractivity contribution in [3.63, 3.8) is 0 Å². The molecular weight excluding hydrogens is 378 g/mol. The number of carbonyl (C=O) groups excluding carboxylic acids is 3. The molecule has 3 amide bonds. The van der Waals surface area contributed by atoms with Crippen LogP contribution in [0, 0.1) is 0 Å². The number of halogens is 1. The molecule has 1 fully saturated rings. The van der Waals surface area contributed by atoms with Crippen molar-refractivity contribution in [2.75, 3.05) is 6.54 Å². The van der Waals surface area contributed by atoms with Crippen molar-refractivity contribution in [1.82, 2.24) is 15.5 Å². The molecule has 0 aliphatic carbocycles. The number of piperidine rings is 1. The molecule has 28 heavy (non-hydrogen) atoms. The van der Waals surface area contributed by atoms with Gasteiger partial charge in [0, 0.05) is 30.1 Å². The molecular formula is C21H30ClN3O3. The Balaban J connectivity index is 0.00000280. The summed E-state index contributed by atoms with van der Waals surface area (Å²) in [5.74, 6) is -0.555. The summed E-state index contributed by atoms with van der Waals surface area (Å²) < 4.78 is 0. The van der Waals surface area contributed by atoms with Gasteiger partial charge in [0.15, 0.2) is 0 Å². The number of amides is 3. The van der Waals surface area contributed by atoms with Crippen LogP contribution < -0.4 is 10.6 Å². The van der Waals surface area contributed by atoms with Crippen molar-refractivity contribution < 1.29 is 14.4 Å². The van der Waals surface area contributed by atoms with E-state index in [4.69, 9.17) is 0 Å². The lowest BCUT2D eigenvalue weighted by Crippen LogP contribution is -2.62. The fourth-order valence-corrected chi connectivity index (χ4v) is 4.56. The Morgan fingerprint density at radius 2 is 1.57 bits per heavy atom. The highest BCUT2D eigenvalue weighted by molar-refractivity contribution is 6.21. The summed E-state index contributed by atoms with van der Waals surface area (Å²) in [5.41, 5.74) is 0.844. The van der Waals surface area contributed by atoms with Crippen LogP contribution in [0.25, 0.3) is 0 Å². The quantitative estimate of drug-likeness (QED) is 0.735. The molecule has 2 aliphatic heterocycles. The molecule has 2 heterocycles. The highest BCUT2D eigenvalue weighted by atomic mass is 35.5. The predicted molar refractivity (Wildman–Crippen MR) is 111 cm³/mol. The minimum atomic E-state index is -0.266. The number of nitrogens with zero attached hydrogens (tertiary/aromatic N) is 1. The van der Waals surface area contributed by atoms with E-state index < -0.39 is 0 Å². The summed E-state index contributed by atoms with van der Waals surface area (Å²) in [6.45, 7) is 8.86. The van der Waals surface area contributed by atoms with Crippen LogP contribution in [-0.4, -0.2) is 46.3 Å². The Labute approximate surface area is 172 Å². The van der Waals surface area contributed by atoms with E-state index in [1.807, 2.05) is 0 Å². The molecule has 1 aromatic rings. The molecule has 0 aromatic heterocycles. The SMILES string of the molecule is CC1(C)CC(NC(=O)CCCN2C(=O)c3ccccc3C2=O)CC(C)(C)N1.Cl. The van der Waals surface area contributed by atoms with Crippen molar-refractivity contribution >= 4 is 30.1 Å². The van der Waals surface area contributed by atoms with Crippen molar-refractivity contribution in [1.29, 1.82) is 0 Å². The van der Waals surface area contributed by atoms with Gasteiger partial charge in [-0.1, -0.05) is 12.1 Å². The summed E-state index contributed by atoms with van der Waals surface area (Å²) >= 11 is 0. The van der Waals surface area contributed by atoms with Gasteiger partial charge in [0.25, 0.3) is 11.8 Å². The van der Waals surface area contributed by atoms with Crippen LogP contribution in [0.2, 0.25) is 0 Å². The van der Waals surface area contributed by atoms with Gasteiger partial charge in [0.1, 0.15) is 0 Å². The maximum absolute atomic E-state index is 12.4. The minimum Gasteiger partial charge on any atom is -0.353 e. The molecule has 0 atom stereocenters. The van der Waals surface area contributed by atoms with Crippen molar-refractivity contribution in [3.05, 3.63) is 35.4 Å². The third-order valence-electron chi connectivity index (χ3n) is 5.22. The zero-order valence-corrected chi connectivity index (χ0v) is 17.8. The fourth-order valence-electron chi connectivity index (χ4n) is 4.56. The maximum atomic E-state index is 12.4. The van der Waals surface area contributed by atoms with E-state index in [0.717, 1.165) is 12.8 Å². The molecule has 2 N–H and O–H groups in total. The molecule has 154 valence electrons. The van der Waals surface area contributed by atoms with Gasteiger partial charge in [-0.25, -0.2) is 0 Å². The Kier molecular flexibility index (Phi) is 6.56. The van der Waals surface area contributed by atoms with E-state index in [-0.39, 0.29) is 53.8 Å². The molecule has 0 radical (unpaired) electrons. The Bertz CT molecular complexity index is 725. The normalized spacial score (nSPS) is 20.5. The standard InChI is InChI=1S/C21H29N3O3.ClH/c1-20(2)12-14(13-21(3,4)23-20)22-17(25)10-7-11-24-18(26)15-8-5-6-9-16(15)19(24)27;/h5-6,8-9,14,23H,7,10-13H2,1-4H3,(H,22,25);1H. The molecule has 1 saturated heterocycles. The molecule has 6 nitrogen and oxygen atoms in total. The van der Waals surface area contributed by atoms with Crippen LogP contribution in [0.4, 0.5) is 0 Å². The Morgan fingerprint density at radius 3 is 2.07 bits per heavy atom. The molecule has 0 saturated carbocycles. The van der Waals surface area contributed by atoms with Gasteiger partial charge in [-0.2, -0.15) is 0 Å². The number of hydrogen-bond acceptors (Lipinski definition) is 4. The third-order valence-corrected chi connectivity index (χ3v) is 5.22. The predicted octanol–water partition coefficient (Wildman–Crippen LogP) is 2.91. The maximum Gasteiger partial charge on any atom is 0.261 e. The van der Waals surface area contributed by atoms with Crippen LogP contribution in [0.3, 0.4) is 0 Å². The first-order valence-corrected chi connectivity index (χ1v) is 9.62. The molecule has 1 aromatic carbocycles. The number of fused-ring (bicyclic) bond motifs is 1. The summed E-state index contributed by atoms with van der Waals surface area (Å²) in [6.07, 6.45) is 2.52. The zero-order valence-electron chi connectivity index (χ0n) is 17.0. The van der Waals surface area contributed by atoms with Gasteiger partial charge in [-0.3, -0.25) is 19.3 Å². The largest absolute Gasteiger partial charge is 0.353 e. The number of benzene rings is 1. The molecule has 2 aliphatic rings. The summed E-state index contributed by atoms with van der Waals surface area (Å²) in [4.78, 5) is 38.3. The molecule has 3 rings (SSSR count). The van der Waals surface area contributed by atoms with Crippen LogP contribution in [0.5, 0.6) is 0 Å². The van der Waals surface area contributed by atoms with E-state index in [2.05, 4.69) is 38.3 Å². The first kappa shape index (κ1) is 22.4. The number of rotatable bonds is 5.